The van der Waals surface area contributed by atoms with Gasteiger partial charge in [0.25, 0.3) is 0 Å². The summed E-state index contributed by atoms with van der Waals surface area (Å²) in [5.41, 5.74) is 0. The molecule has 4 nitrogen and oxygen atoms in total. The average molecular weight is 281 g/mol. The van der Waals surface area contributed by atoms with Crippen molar-refractivity contribution in [2.75, 3.05) is 19.8 Å². The van der Waals surface area contributed by atoms with Crippen molar-refractivity contribution in [2.45, 2.75) is 63.5 Å². The number of rotatable bonds is 3. The summed E-state index contributed by atoms with van der Waals surface area (Å²) in [6.45, 7) is 2.20. The molecule has 3 atom stereocenters. The van der Waals surface area contributed by atoms with Crippen LogP contribution in [0.15, 0.2) is 0 Å². The van der Waals surface area contributed by atoms with E-state index in [1.165, 1.54) is 32.1 Å². The molecule has 0 spiro atoms. The van der Waals surface area contributed by atoms with Crippen LogP contribution in [0.4, 0.5) is 0 Å². The van der Waals surface area contributed by atoms with E-state index in [1.54, 1.807) is 0 Å². The van der Waals surface area contributed by atoms with Crippen molar-refractivity contribution >= 4 is 5.97 Å². The highest BCUT2D eigenvalue weighted by molar-refractivity contribution is 5.76. The molecule has 0 amide bonds. The van der Waals surface area contributed by atoms with Crippen LogP contribution < -0.4 is 5.32 Å². The highest BCUT2D eigenvalue weighted by atomic mass is 16.5. The molecule has 3 unspecified atom stereocenters. The quantitative estimate of drug-likeness (QED) is 0.806. The molecule has 1 aliphatic carbocycles. The Morgan fingerprint density at radius 1 is 1.05 bits per heavy atom. The van der Waals surface area contributed by atoms with Gasteiger partial charge in [-0.1, -0.05) is 12.8 Å². The van der Waals surface area contributed by atoms with Crippen LogP contribution >= 0.6 is 0 Å². The lowest BCUT2D eigenvalue weighted by Gasteiger charge is -2.39. The van der Waals surface area contributed by atoms with Gasteiger partial charge in [-0.05, 0) is 50.4 Å². The van der Waals surface area contributed by atoms with Crippen molar-refractivity contribution in [3.63, 3.8) is 0 Å². The first kappa shape index (κ1) is 14.3. The predicted molar refractivity (Wildman–Crippen MR) is 76.4 cm³/mol. The topological polar surface area (TPSA) is 47.6 Å². The van der Waals surface area contributed by atoms with E-state index in [1.807, 2.05) is 0 Å². The van der Waals surface area contributed by atoms with E-state index in [4.69, 9.17) is 9.47 Å². The van der Waals surface area contributed by atoms with E-state index in [0.717, 1.165) is 38.4 Å². The van der Waals surface area contributed by atoms with Gasteiger partial charge in [-0.15, -0.1) is 0 Å². The summed E-state index contributed by atoms with van der Waals surface area (Å²) in [6.07, 6.45) is 9.42. The van der Waals surface area contributed by atoms with E-state index in [2.05, 4.69) is 5.32 Å². The van der Waals surface area contributed by atoms with Crippen LogP contribution in [0, 0.1) is 11.8 Å². The Kier molecular flexibility index (Phi) is 4.94. The first-order chi connectivity index (χ1) is 9.83. The largest absolute Gasteiger partial charge is 0.464 e. The van der Waals surface area contributed by atoms with Crippen LogP contribution in [-0.2, 0) is 14.3 Å². The molecule has 1 saturated carbocycles. The number of hydrogen-bond acceptors (Lipinski definition) is 4. The second-order valence-electron chi connectivity index (χ2n) is 6.63. The average Bonchev–Trinajstić information content (AvgIpc) is 2.53. The molecule has 3 rings (SSSR count). The summed E-state index contributed by atoms with van der Waals surface area (Å²) in [6, 6.07) is 0.493. The van der Waals surface area contributed by atoms with Crippen LogP contribution in [0.3, 0.4) is 0 Å². The zero-order chi connectivity index (χ0) is 13.8. The van der Waals surface area contributed by atoms with Gasteiger partial charge in [0, 0.05) is 19.3 Å². The van der Waals surface area contributed by atoms with Gasteiger partial charge in [0.1, 0.15) is 6.04 Å². The Bertz CT molecular complexity index is 328. The molecule has 4 heteroatoms. The Balaban J connectivity index is 1.42. The van der Waals surface area contributed by atoms with Crippen molar-refractivity contribution in [2.24, 2.45) is 11.8 Å². The van der Waals surface area contributed by atoms with E-state index < -0.39 is 0 Å². The van der Waals surface area contributed by atoms with Gasteiger partial charge in [0.2, 0.25) is 0 Å². The second kappa shape index (κ2) is 6.90. The molecule has 114 valence electrons. The van der Waals surface area contributed by atoms with Crippen LogP contribution in [0.2, 0.25) is 0 Å². The normalized spacial score (nSPS) is 35.3. The molecule has 2 saturated heterocycles. The molecular formula is C16H27NO3. The molecule has 2 heterocycles. The van der Waals surface area contributed by atoms with E-state index in [-0.39, 0.29) is 12.0 Å². The highest BCUT2D eigenvalue weighted by Crippen LogP contribution is 2.32. The van der Waals surface area contributed by atoms with Gasteiger partial charge in [-0.25, -0.2) is 0 Å². The maximum absolute atomic E-state index is 12.2. The molecule has 0 bridgehead atoms. The first-order valence-electron chi connectivity index (χ1n) is 8.33. The van der Waals surface area contributed by atoms with Crippen LogP contribution in [0.1, 0.15) is 51.4 Å². The molecule has 0 radical (unpaired) electrons. The number of hydrogen-bond donors (Lipinski definition) is 1. The lowest BCUT2D eigenvalue weighted by atomic mass is 9.78. The Morgan fingerprint density at radius 2 is 1.85 bits per heavy atom. The Morgan fingerprint density at radius 3 is 2.70 bits per heavy atom. The molecule has 3 fully saturated rings. The summed E-state index contributed by atoms with van der Waals surface area (Å²) in [4.78, 5) is 12.2. The molecule has 0 aromatic heterocycles. The van der Waals surface area contributed by atoms with Crippen molar-refractivity contribution in [1.29, 1.82) is 0 Å². The van der Waals surface area contributed by atoms with E-state index in [0.29, 0.717) is 18.6 Å². The van der Waals surface area contributed by atoms with Crippen molar-refractivity contribution in [3.8, 4) is 0 Å². The van der Waals surface area contributed by atoms with E-state index in [9.17, 15) is 4.79 Å². The summed E-state index contributed by atoms with van der Waals surface area (Å²) < 4.78 is 10.9. The van der Waals surface area contributed by atoms with Crippen molar-refractivity contribution in [1.82, 2.24) is 5.32 Å². The summed E-state index contributed by atoms with van der Waals surface area (Å²) >= 11 is 0. The minimum absolute atomic E-state index is 0.0273. The third kappa shape index (κ3) is 3.53. The zero-order valence-electron chi connectivity index (χ0n) is 12.3. The molecule has 1 N–H and O–H groups in total. The number of ether oxygens (including phenoxy) is 2. The van der Waals surface area contributed by atoms with Gasteiger partial charge in [0.15, 0.2) is 0 Å². The minimum Gasteiger partial charge on any atom is -0.464 e. The molecular weight excluding hydrogens is 254 g/mol. The molecule has 0 aromatic carbocycles. The standard InChI is InChI=1S/C16H27NO3/c18-16(20-11-12-7-9-19-10-8-12)15-6-5-13-3-1-2-4-14(13)17-15/h12-15,17H,1-11H2. The fourth-order valence-corrected chi connectivity index (χ4v) is 3.89. The third-order valence-corrected chi connectivity index (χ3v) is 5.24. The molecule has 2 aliphatic heterocycles. The first-order valence-corrected chi connectivity index (χ1v) is 8.33. The number of nitrogens with one attached hydrogen (secondary N) is 1. The Hall–Kier alpha value is -0.610. The van der Waals surface area contributed by atoms with Crippen LogP contribution in [0.25, 0.3) is 0 Å². The van der Waals surface area contributed by atoms with Crippen molar-refractivity contribution < 1.29 is 14.3 Å². The predicted octanol–water partition coefficient (Wildman–Crippen LogP) is 2.27. The summed E-state index contributed by atoms with van der Waals surface area (Å²) in [5.74, 6) is 1.27. The second-order valence-corrected chi connectivity index (χ2v) is 6.63. The van der Waals surface area contributed by atoms with Gasteiger partial charge < -0.3 is 14.8 Å². The fourth-order valence-electron chi connectivity index (χ4n) is 3.89. The van der Waals surface area contributed by atoms with Crippen LogP contribution in [-0.4, -0.2) is 37.9 Å². The summed E-state index contributed by atoms with van der Waals surface area (Å²) in [7, 11) is 0. The monoisotopic (exact) mass is 281 g/mol. The molecule has 0 aromatic rings. The van der Waals surface area contributed by atoms with Crippen LogP contribution in [0.5, 0.6) is 0 Å². The number of carbonyl (C=O) groups excluding carboxylic acids is 1. The van der Waals surface area contributed by atoms with Crippen molar-refractivity contribution in [3.05, 3.63) is 0 Å². The van der Waals surface area contributed by atoms with Gasteiger partial charge in [-0.2, -0.15) is 0 Å². The SMILES string of the molecule is O=C(OCC1CCOCC1)C1CCC2CCCCC2N1. The smallest absolute Gasteiger partial charge is 0.323 e. The minimum atomic E-state index is -0.0609. The molecule has 3 aliphatic rings. The van der Waals surface area contributed by atoms with E-state index >= 15 is 0 Å². The summed E-state index contributed by atoms with van der Waals surface area (Å²) in [5, 5.41) is 3.54. The zero-order valence-corrected chi connectivity index (χ0v) is 12.3. The third-order valence-electron chi connectivity index (χ3n) is 5.24. The number of fused-ring (bicyclic) bond motifs is 1. The number of carbonyl (C=O) groups is 1. The fraction of sp³-hybridized carbons (Fsp3) is 0.938. The maximum atomic E-state index is 12.2. The maximum Gasteiger partial charge on any atom is 0.323 e. The lowest BCUT2D eigenvalue weighted by molar-refractivity contribution is -0.150. The van der Waals surface area contributed by atoms with Gasteiger partial charge in [0.05, 0.1) is 6.61 Å². The Labute approximate surface area is 121 Å². The number of esters is 1. The highest BCUT2D eigenvalue weighted by Gasteiger charge is 2.35. The number of piperidine rings is 1. The molecule has 20 heavy (non-hydrogen) atoms. The lowest BCUT2D eigenvalue weighted by Crippen LogP contribution is -2.52. The van der Waals surface area contributed by atoms with Gasteiger partial charge in [-0.3, -0.25) is 4.79 Å². The van der Waals surface area contributed by atoms with Gasteiger partial charge >= 0.3 is 5.97 Å².